The first kappa shape index (κ1) is 14.6. The minimum Gasteiger partial charge on any atom is -0.497 e. The summed E-state index contributed by atoms with van der Waals surface area (Å²) in [5.74, 6) is 0.790. The van der Waals surface area contributed by atoms with Crippen molar-refractivity contribution in [3.63, 3.8) is 0 Å². The number of ether oxygens (including phenoxy) is 1. The van der Waals surface area contributed by atoms with Crippen LogP contribution in [0.2, 0.25) is 0 Å². The molecule has 0 spiro atoms. The summed E-state index contributed by atoms with van der Waals surface area (Å²) in [5, 5.41) is 7.58. The van der Waals surface area contributed by atoms with E-state index in [0.717, 1.165) is 24.4 Å². The molecule has 0 unspecified atom stereocenters. The van der Waals surface area contributed by atoms with Gasteiger partial charge in [-0.3, -0.25) is 9.48 Å². The Morgan fingerprint density at radius 1 is 1.32 bits per heavy atom. The molecule has 0 radical (unpaired) electrons. The van der Waals surface area contributed by atoms with Gasteiger partial charge in [0.2, 0.25) is 0 Å². The van der Waals surface area contributed by atoms with Gasteiger partial charge >= 0.3 is 0 Å². The molecule has 2 aromatic rings. The standard InChI is InChI=1S/C16H20N4O2/c1-19-9-7-14(18-19)16(21)20-10-8-17-11-15(20)12-3-5-13(22-2)6-4-12/h3-7,9,15,17H,8,10-11H2,1-2H3/t15-/m0/s1. The smallest absolute Gasteiger partial charge is 0.274 e. The molecule has 1 aliphatic rings. The fraction of sp³-hybridized carbons (Fsp3) is 0.375. The van der Waals surface area contributed by atoms with E-state index in [1.165, 1.54) is 0 Å². The van der Waals surface area contributed by atoms with Gasteiger partial charge in [0, 0.05) is 32.9 Å². The molecule has 3 rings (SSSR count). The number of methoxy groups -OCH3 is 1. The highest BCUT2D eigenvalue weighted by atomic mass is 16.5. The van der Waals surface area contributed by atoms with Crippen LogP contribution in [0.25, 0.3) is 0 Å². The molecule has 0 aliphatic carbocycles. The first-order valence-electron chi connectivity index (χ1n) is 7.34. The Morgan fingerprint density at radius 2 is 2.09 bits per heavy atom. The topological polar surface area (TPSA) is 59.4 Å². The maximum atomic E-state index is 12.7. The number of amides is 1. The Morgan fingerprint density at radius 3 is 2.73 bits per heavy atom. The highest BCUT2D eigenvalue weighted by molar-refractivity contribution is 5.92. The normalized spacial score (nSPS) is 18.3. The third-order valence-electron chi connectivity index (χ3n) is 3.94. The lowest BCUT2D eigenvalue weighted by molar-refractivity contribution is 0.0627. The third kappa shape index (κ3) is 2.82. The predicted molar refractivity (Wildman–Crippen MR) is 82.8 cm³/mol. The van der Waals surface area contributed by atoms with Gasteiger partial charge in [-0.15, -0.1) is 0 Å². The lowest BCUT2D eigenvalue weighted by Gasteiger charge is -2.36. The molecule has 1 aliphatic heterocycles. The van der Waals surface area contributed by atoms with Crippen molar-refractivity contribution in [2.75, 3.05) is 26.7 Å². The number of nitrogens with one attached hydrogen (secondary N) is 1. The Balaban J connectivity index is 1.85. The molecule has 1 aromatic carbocycles. The maximum absolute atomic E-state index is 12.7. The second kappa shape index (κ2) is 6.19. The number of benzene rings is 1. The van der Waals surface area contributed by atoms with Gasteiger partial charge in [0.05, 0.1) is 13.2 Å². The van der Waals surface area contributed by atoms with Crippen molar-refractivity contribution in [2.45, 2.75) is 6.04 Å². The number of aryl methyl sites for hydroxylation is 1. The van der Waals surface area contributed by atoms with Crippen LogP contribution in [0.15, 0.2) is 36.5 Å². The molecule has 116 valence electrons. The van der Waals surface area contributed by atoms with Gasteiger partial charge in [-0.25, -0.2) is 0 Å². The fourth-order valence-electron chi connectivity index (χ4n) is 2.75. The van der Waals surface area contributed by atoms with Crippen molar-refractivity contribution in [2.24, 2.45) is 7.05 Å². The minimum atomic E-state index is -0.0251. The fourth-order valence-corrected chi connectivity index (χ4v) is 2.75. The monoisotopic (exact) mass is 300 g/mol. The first-order chi connectivity index (χ1) is 10.7. The van der Waals surface area contributed by atoms with Crippen molar-refractivity contribution in [3.8, 4) is 5.75 Å². The van der Waals surface area contributed by atoms with Crippen molar-refractivity contribution in [1.82, 2.24) is 20.0 Å². The van der Waals surface area contributed by atoms with Crippen LogP contribution in [0.3, 0.4) is 0 Å². The van der Waals surface area contributed by atoms with E-state index in [-0.39, 0.29) is 11.9 Å². The Bertz CT molecular complexity index is 650. The molecule has 6 nitrogen and oxygen atoms in total. The number of aromatic nitrogens is 2. The molecule has 0 saturated carbocycles. The summed E-state index contributed by atoms with van der Waals surface area (Å²) in [6.07, 6.45) is 1.79. The summed E-state index contributed by atoms with van der Waals surface area (Å²) >= 11 is 0. The highest BCUT2D eigenvalue weighted by Crippen LogP contribution is 2.25. The van der Waals surface area contributed by atoms with Gasteiger partial charge in [-0.2, -0.15) is 5.10 Å². The quantitative estimate of drug-likeness (QED) is 0.926. The van der Waals surface area contributed by atoms with E-state index in [9.17, 15) is 4.79 Å². The van der Waals surface area contributed by atoms with Crippen LogP contribution in [0.5, 0.6) is 5.75 Å². The van der Waals surface area contributed by atoms with Gasteiger partial charge in [-0.05, 0) is 23.8 Å². The molecule has 2 heterocycles. The lowest BCUT2D eigenvalue weighted by Crippen LogP contribution is -2.48. The van der Waals surface area contributed by atoms with E-state index in [2.05, 4.69) is 10.4 Å². The van der Waals surface area contributed by atoms with Gasteiger partial charge in [0.25, 0.3) is 5.91 Å². The molecule has 1 fully saturated rings. The van der Waals surface area contributed by atoms with E-state index in [4.69, 9.17) is 4.74 Å². The number of hydrogen-bond donors (Lipinski definition) is 1. The van der Waals surface area contributed by atoms with Gasteiger partial charge in [-0.1, -0.05) is 12.1 Å². The summed E-state index contributed by atoms with van der Waals surface area (Å²) in [6.45, 7) is 2.21. The summed E-state index contributed by atoms with van der Waals surface area (Å²) in [6, 6.07) is 9.63. The minimum absolute atomic E-state index is 0.00848. The van der Waals surface area contributed by atoms with E-state index in [1.807, 2.05) is 36.2 Å². The van der Waals surface area contributed by atoms with Crippen LogP contribution in [-0.4, -0.2) is 47.3 Å². The zero-order valence-electron chi connectivity index (χ0n) is 12.8. The summed E-state index contributed by atoms with van der Waals surface area (Å²) in [7, 11) is 3.46. The van der Waals surface area contributed by atoms with E-state index in [0.29, 0.717) is 12.2 Å². The molecule has 1 N–H and O–H groups in total. The number of nitrogens with zero attached hydrogens (tertiary/aromatic N) is 3. The molecule has 6 heteroatoms. The van der Waals surface area contributed by atoms with E-state index < -0.39 is 0 Å². The summed E-state index contributed by atoms with van der Waals surface area (Å²) < 4.78 is 6.84. The largest absolute Gasteiger partial charge is 0.497 e. The number of carbonyl (C=O) groups excluding carboxylic acids is 1. The zero-order chi connectivity index (χ0) is 15.5. The van der Waals surface area contributed by atoms with Crippen LogP contribution in [0, 0.1) is 0 Å². The maximum Gasteiger partial charge on any atom is 0.274 e. The zero-order valence-corrected chi connectivity index (χ0v) is 12.8. The molecule has 1 atom stereocenters. The molecule has 1 amide bonds. The Labute approximate surface area is 129 Å². The van der Waals surface area contributed by atoms with Crippen molar-refractivity contribution in [1.29, 1.82) is 0 Å². The average molecular weight is 300 g/mol. The molecule has 1 saturated heterocycles. The third-order valence-corrected chi connectivity index (χ3v) is 3.94. The van der Waals surface area contributed by atoms with Gasteiger partial charge < -0.3 is 15.0 Å². The number of rotatable bonds is 3. The second-order valence-electron chi connectivity index (χ2n) is 5.37. The van der Waals surface area contributed by atoms with E-state index >= 15 is 0 Å². The molecule has 1 aromatic heterocycles. The lowest BCUT2D eigenvalue weighted by atomic mass is 10.0. The highest BCUT2D eigenvalue weighted by Gasteiger charge is 2.29. The van der Waals surface area contributed by atoms with Crippen molar-refractivity contribution < 1.29 is 9.53 Å². The molecule has 22 heavy (non-hydrogen) atoms. The summed E-state index contributed by atoms with van der Waals surface area (Å²) in [4.78, 5) is 14.6. The average Bonchev–Trinajstić information content (AvgIpc) is 3.01. The molecule has 0 bridgehead atoms. The number of hydrogen-bond acceptors (Lipinski definition) is 4. The van der Waals surface area contributed by atoms with E-state index in [1.54, 1.807) is 24.1 Å². The summed E-state index contributed by atoms with van der Waals surface area (Å²) in [5.41, 5.74) is 1.58. The molecular weight excluding hydrogens is 280 g/mol. The van der Waals surface area contributed by atoms with Crippen LogP contribution < -0.4 is 10.1 Å². The number of carbonyl (C=O) groups is 1. The number of piperazine rings is 1. The van der Waals surface area contributed by atoms with Crippen LogP contribution in [-0.2, 0) is 7.05 Å². The Kier molecular flexibility index (Phi) is 4.11. The van der Waals surface area contributed by atoms with Crippen LogP contribution in [0.4, 0.5) is 0 Å². The SMILES string of the molecule is COc1ccc([C@@H]2CNCCN2C(=O)c2ccn(C)n2)cc1. The van der Waals surface area contributed by atoms with Gasteiger partial charge in [0.15, 0.2) is 0 Å². The molecular formula is C16H20N4O2. The van der Waals surface area contributed by atoms with Crippen LogP contribution >= 0.6 is 0 Å². The van der Waals surface area contributed by atoms with Crippen molar-refractivity contribution in [3.05, 3.63) is 47.8 Å². The second-order valence-corrected chi connectivity index (χ2v) is 5.37. The van der Waals surface area contributed by atoms with Crippen LogP contribution in [0.1, 0.15) is 22.1 Å². The predicted octanol–water partition coefficient (Wildman–Crippen LogP) is 1.22. The van der Waals surface area contributed by atoms with Gasteiger partial charge in [0.1, 0.15) is 11.4 Å². The van der Waals surface area contributed by atoms with Crippen molar-refractivity contribution >= 4 is 5.91 Å². The Hall–Kier alpha value is -2.34. The first-order valence-corrected chi connectivity index (χ1v) is 7.34.